The number of nitrogens with zero attached hydrogens (tertiary/aromatic N) is 2. The summed E-state index contributed by atoms with van der Waals surface area (Å²) in [6.07, 6.45) is 2.08. The Morgan fingerprint density at radius 3 is 2.96 bits per heavy atom. The molecule has 0 saturated carbocycles. The highest BCUT2D eigenvalue weighted by Gasteiger charge is 2.10. The van der Waals surface area contributed by atoms with Gasteiger partial charge in [-0.25, -0.2) is 0 Å². The lowest BCUT2D eigenvalue weighted by Gasteiger charge is -2.05. The van der Waals surface area contributed by atoms with E-state index in [1.54, 1.807) is 11.8 Å². The average Bonchev–Trinajstić information content (AvgIpc) is 3.21. The number of benzene rings is 1. The summed E-state index contributed by atoms with van der Waals surface area (Å²) in [5.41, 5.74) is 1.09. The molecule has 0 aliphatic carbocycles. The molecule has 3 aromatic rings. The standard InChI is InChI=1S/C17H18N2O2S3/c1-3-21-12-6-7-13-15(11-12)24-17(19(13)8-10-22-2)18-16(20)14-5-4-9-23-14/h4-7,9,11H,3,8,10H2,1-2H3. The van der Waals surface area contributed by atoms with Crippen LogP contribution in [-0.2, 0) is 6.54 Å². The number of ether oxygens (including phenoxy) is 1. The third-order valence-corrected chi connectivity index (χ3v) is 5.90. The molecule has 0 radical (unpaired) electrons. The Hall–Kier alpha value is -1.57. The van der Waals surface area contributed by atoms with Crippen LogP contribution in [0, 0.1) is 0 Å². The fraction of sp³-hybridized carbons (Fsp3) is 0.294. The van der Waals surface area contributed by atoms with Gasteiger partial charge in [-0.1, -0.05) is 17.4 Å². The lowest BCUT2D eigenvalue weighted by molar-refractivity contribution is 0.100. The van der Waals surface area contributed by atoms with Crippen LogP contribution in [0.2, 0.25) is 0 Å². The Morgan fingerprint density at radius 2 is 2.25 bits per heavy atom. The predicted molar refractivity (Wildman–Crippen MR) is 104 cm³/mol. The van der Waals surface area contributed by atoms with E-state index < -0.39 is 0 Å². The van der Waals surface area contributed by atoms with Gasteiger partial charge in [0.05, 0.1) is 21.7 Å². The fourth-order valence-corrected chi connectivity index (χ4v) is 4.39. The second-order valence-corrected chi connectivity index (χ2v) is 7.93. The number of hydrogen-bond donors (Lipinski definition) is 0. The quantitative estimate of drug-likeness (QED) is 0.643. The summed E-state index contributed by atoms with van der Waals surface area (Å²) in [5.74, 6) is 1.64. The number of aryl methyl sites for hydroxylation is 1. The highest BCUT2D eigenvalue weighted by Crippen LogP contribution is 2.24. The summed E-state index contributed by atoms with van der Waals surface area (Å²) >= 11 is 4.73. The summed E-state index contributed by atoms with van der Waals surface area (Å²) in [6.45, 7) is 3.43. The van der Waals surface area contributed by atoms with Gasteiger partial charge in [0.2, 0.25) is 0 Å². The zero-order valence-corrected chi connectivity index (χ0v) is 16.0. The lowest BCUT2D eigenvalue weighted by Crippen LogP contribution is -2.18. The highest BCUT2D eigenvalue weighted by atomic mass is 32.2. The molecule has 1 amide bonds. The molecule has 0 aliphatic rings. The SMILES string of the molecule is CCOc1ccc2c(c1)sc(=NC(=O)c1cccs1)n2CCSC. The van der Waals surface area contributed by atoms with Gasteiger partial charge in [-0.15, -0.1) is 11.3 Å². The van der Waals surface area contributed by atoms with Gasteiger partial charge in [-0.05, 0) is 42.8 Å². The van der Waals surface area contributed by atoms with E-state index in [1.807, 2.05) is 42.6 Å². The zero-order valence-electron chi connectivity index (χ0n) is 13.5. The summed E-state index contributed by atoms with van der Waals surface area (Å²) in [7, 11) is 0. The van der Waals surface area contributed by atoms with E-state index in [9.17, 15) is 4.79 Å². The maximum Gasteiger partial charge on any atom is 0.289 e. The van der Waals surface area contributed by atoms with E-state index >= 15 is 0 Å². The zero-order chi connectivity index (χ0) is 16.9. The van der Waals surface area contributed by atoms with Crippen molar-refractivity contribution in [1.29, 1.82) is 0 Å². The van der Waals surface area contributed by atoms with Gasteiger partial charge < -0.3 is 9.30 Å². The van der Waals surface area contributed by atoms with E-state index in [0.29, 0.717) is 11.5 Å². The number of carbonyl (C=O) groups excluding carboxylic acids is 1. The van der Waals surface area contributed by atoms with Crippen LogP contribution in [0.1, 0.15) is 16.6 Å². The molecular weight excluding hydrogens is 360 g/mol. The van der Waals surface area contributed by atoms with E-state index in [2.05, 4.69) is 15.8 Å². The first-order valence-electron chi connectivity index (χ1n) is 7.60. The van der Waals surface area contributed by atoms with Gasteiger partial charge in [0.1, 0.15) is 5.75 Å². The van der Waals surface area contributed by atoms with E-state index in [-0.39, 0.29) is 5.91 Å². The molecule has 0 N–H and O–H groups in total. The summed E-state index contributed by atoms with van der Waals surface area (Å²) in [6, 6.07) is 9.72. The van der Waals surface area contributed by atoms with Gasteiger partial charge in [-0.2, -0.15) is 16.8 Å². The van der Waals surface area contributed by atoms with Gasteiger partial charge in [0.15, 0.2) is 4.80 Å². The van der Waals surface area contributed by atoms with Crippen LogP contribution in [-0.4, -0.2) is 29.1 Å². The molecule has 0 atom stereocenters. The largest absolute Gasteiger partial charge is 0.494 e. The van der Waals surface area contributed by atoms with Crippen molar-refractivity contribution >= 4 is 50.6 Å². The van der Waals surface area contributed by atoms with E-state index in [0.717, 1.165) is 33.1 Å². The molecule has 1 aromatic carbocycles. The average molecular weight is 379 g/mol. The van der Waals surface area contributed by atoms with Crippen molar-refractivity contribution < 1.29 is 9.53 Å². The third kappa shape index (κ3) is 3.74. The normalized spacial score (nSPS) is 12.0. The van der Waals surface area contributed by atoms with Crippen molar-refractivity contribution in [2.45, 2.75) is 13.5 Å². The molecule has 0 bridgehead atoms. The van der Waals surface area contributed by atoms with Crippen molar-refractivity contribution in [3.8, 4) is 5.75 Å². The molecule has 0 aliphatic heterocycles. The van der Waals surface area contributed by atoms with Crippen molar-refractivity contribution in [3.05, 3.63) is 45.4 Å². The molecular formula is C17H18N2O2S3. The van der Waals surface area contributed by atoms with Crippen LogP contribution in [0.25, 0.3) is 10.2 Å². The minimum atomic E-state index is -0.181. The van der Waals surface area contributed by atoms with Crippen LogP contribution in [0.5, 0.6) is 5.75 Å². The molecule has 0 saturated heterocycles. The predicted octanol–water partition coefficient (Wildman–Crippen LogP) is 4.27. The molecule has 4 nitrogen and oxygen atoms in total. The second kappa shape index (κ2) is 8.00. The summed E-state index contributed by atoms with van der Waals surface area (Å²) in [5, 5.41) is 1.89. The first-order chi connectivity index (χ1) is 11.7. The first-order valence-corrected chi connectivity index (χ1v) is 10.7. The lowest BCUT2D eigenvalue weighted by atomic mass is 10.3. The van der Waals surface area contributed by atoms with Crippen LogP contribution < -0.4 is 9.54 Å². The molecule has 0 spiro atoms. The smallest absolute Gasteiger partial charge is 0.289 e. The highest BCUT2D eigenvalue weighted by molar-refractivity contribution is 7.98. The number of thiazole rings is 1. The van der Waals surface area contributed by atoms with Gasteiger partial charge in [0.25, 0.3) is 5.91 Å². The number of thioether (sulfide) groups is 1. The Bertz CT molecular complexity index is 894. The van der Waals surface area contributed by atoms with Crippen LogP contribution >= 0.6 is 34.4 Å². The first kappa shape index (κ1) is 17.3. The van der Waals surface area contributed by atoms with Crippen molar-refractivity contribution in [3.63, 3.8) is 0 Å². The number of fused-ring (bicyclic) bond motifs is 1. The second-order valence-electron chi connectivity index (χ2n) is 4.99. The van der Waals surface area contributed by atoms with Crippen molar-refractivity contribution in [2.24, 2.45) is 4.99 Å². The third-order valence-electron chi connectivity index (χ3n) is 3.41. The molecule has 126 valence electrons. The number of hydrogen-bond acceptors (Lipinski definition) is 5. The summed E-state index contributed by atoms with van der Waals surface area (Å²) < 4.78 is 8.79. The van der Waals surface area contributed by atoms with Gasteiger partial charge in [-0.3, -0.25) is 4.79 Å². The fourth-order valence-electron chi connectivity index (χ4n) is 2.34. The van der Waals surface area contributed by atoms with Crippen LogP contribution in [0.4, 0.5) is 0 Å². The van der Waals surface area contributed by atoms with Gasteiger partial charge in [0, 0.05) is 12.3 Å². The number of thiophene rings is 1. The maximum atomic E-state index is 12.4. The molecule has 0 unspecified atom stereocenters. The number of aromatic nitrogens is 1. The van der Waals surface area contributed by atoms with Crippen LogP contribution in [0.15, 0.2) is 40.7 Å². The number of rotatable bonds is 6. The minimum Gasteiger partial charge on any atom is -0.494 e. The Labute approximate surface area is 152 Å². The Morgan fingerprint density at radius 1 is 1.38 bits per heavy atom. The molecule has 2 aromatic heterocycles. The van der Waals surface area contributed by atoms with E-state index in [4.69, 9.17) is 4.74 Å². The minimum absolute atomic E-state index is 0.181. The van der Waals surface area contributed by atoms with Crippen molar-refractivity contribution in [1.82, 2.24) is 4.57 Å². The van der Waals surface area contributed by atoms with E-state index in [1.165, 1.54) is 22.7 Å². The Balaban J connectivity index is 2.08. The van der Waals surface area contributed by atoms with Crippen LogP contribution in [0.3, 0.4) is 0 Å². The van der Waals surface area contributed by atoms with Gasteiger partial charge >= 0.3 is 0 Å². The summed E-state index contributed by atoms with van der Waals surface area (Å²) in [4.78, 5) is 18.1. The number of carbonyl (C=O) groups is 1. The molecule has 2 heterocycles. The maximum absolute atomic E-state index is 12.4. The molecule has 24 heavy (non-hydrogen) atoms. The molecule has 7 heteroatoms. The molecule has 3 rings (SSSR count). The molecule has 0 fully saturated rings. The monoisotopic (exact) mass is 378 g/mol. The Kier molecular flexibility index (Phi) is 5.76. The topological polar surface area (TPSA) is 43.6 Å². The number of amides is 1. The van der Waals surface area contributed by atoms with Crippen molar-refractivity contribution in [2.75, 3.05) is 18.6 Å².